The topological polar surface area (TPSA) is 58.6 Å². The zero-order valence-electron chi connectivity index (χ0n) is 11.3. The van der Waals surface area contributed by atoms with E-state index < -0.39 is 6.41 Å². The minimum absolute atomic E-state index is 0.216. The highest BCUT2D eigenvalue weighted by Crippen LogP contribution is 2.25. The van der Waals surface area contributed by atoms with E-state index in [9.17, 15) is 9.90 Å². The Kier molecular flexibility index (Phi) is 5.10. The van der Waals surface area contributed by atoms with E-state index in [1.165, 1.54) is 0 Å². The molecule has 1 atom stereocenters. The van der Waals surface area contributed by atoms with Gasteiger partial charge >= 0.3 is 0 Å². The second-order valence-electron chi connectivity index (χ2n) is 5.91. The monoisotopic (exact) mass is 243 g/mol. The third kappa shape index (κ3) is 5.61. The Bertz CT molecular complexity index is 252. The number of Topliss-reactive ketones (excluding diaryl/α,β-unsaturated/α-hetero) is 1. The lowest BCUT2D eigenvalue weighted by molar-refractivity contribution is -0.186. The van der Waals surface area contributed by atoms with Crippen LogP contribution >= 0.6 is 0 Å². The molecule has 4 heteroatoms. The number of ether oxygens (including phenoxy) is 1. The molecule has 1 aliphatic carbocycles. The van der Waals surface area contributed by atoms with Gasteiger partial charge in [0.1, 0.15) is 5.78 Å². The van der Waals surface area contributed by atoms with Crippen LogP contribution < -0.4 is 5.32 Å². The van der Waals surface area contributed by atoms with Gasteiger partial charge in [0.15, 0.2) is 0 Å². The molecule has 0 bridgehead atoms. The third-order valence-corrected chi connectivity index (χ3v) is 3.15. The molecule has 0 radical (unpaired) electrons. The van der Waals surface area contributed by atoms with Gasteiger partial charge in [0.05, 0.1) is 5.60 Å². The van der Waals surface area contributed by atoms with Crippen molar-refractivity contribution >= 4 is 5.78 Å². The van der Waals surface area contributed by atoms with E-state index in [2.05, 4.69) is 5.32 Å². The van der Waals surface area contributed by atoms with Gasteiger partial charge in [0.2, 0.25) is 6.41 Å². The molecule has 100 valence electrons. The minimum atomic E-state index is -0.922. The number of rotatable bonds is 4. The van der Waals surface area contributed by atoms with Crippen LogP contribution in [0.2, 0.25) is 0 Å². The number of nitrogens with one attached hydrogen (secondary N) is 1. The predicted octanol–water partition coefficient (Wildman–Crippen LogP) is 1.81. The van der Waals surface area contributed by atoms with Gasteiger partial charge in [0.25, 0.3) is 0 Å². The summed E-state index contributed by atoms with van der Waals surface area (Å²) in [7, 11) is 0. The maximum atomic E-state index is 11.2. The van der Waals surface area contributed by atoms with E-state index in [0.29, 0.717) is 0 Å². The van der Waals surface area contributed by atoms with Crippen LogP contribution in [0.25, 0.3) is 0 Å². The zero-order chi connectivity index (χ0) is 13.1. The van der Waals surface area contributed by atoms with Gasteiger partial charge in [-0.05, 0) is 53.4 Å². The molecule has 0 saturated heterocycles. The van der Waals surface area contributed by atoms with Gasteiger partial charge in [-0.25, -0.2) is 0 Å². The number of hydrogen-bond acceptors (Lipinski definition) is 4. The summed E-state index contributed by atoms with van der Waals surface area (Å²) in [4.78, 5) is 11.2. The molecule has 17 heavy (non-hydrogen) atoms. The summed E-state index contributed by atoms with van der Waals surface area (Å²) in [5.41, 5.74) is -0.358. The normalized spacial score (nSPS) is 27.8. The number of ketones is 1. The van der Waals surface area contributed by atoms with Crippen molar-refractivity contribution in [1.29, 1.82) is 0 Å². The van der Waals surface area contributed by atoms with Gasteiger partial charge in [-0.1, -0.05) is 0 Å². The van der Waals surface area contributed by atoms with E-state index in [1.54, 1.807) is 6.92 Å². The standard InChI is InChI=1S/C13H25NO3/c1-9(15)10-5-7-11(8-6-10)14-12(16)17-13(2,3)4/h10-12,14,16H,5-8H2,1-4H3. The lowest BCUT2D eigenvalue weighted by Gasteiger charge is -2.31. The highest BCUT2D eigenvalue weighted by molar-refractivity contribution is 5.78. The highest BCUT2D eigenvalue weighted by atomic mass is 16.6. The first-order valence-electron chi connectivity index (χ1n) is 6.40. The zero-order valence-corrected chi connectivity index (χ0v) is 11.3. The molecule has 0 aliphatic heterocycles. The number of carbonyl (C=O) groups is 1. The van der Waals surface area contributed by atoms with Crippen molar-refractivity contribution in [2.24, 2.45) is 5.92 Å². The van der Waals surface area contributed by atoms with Gasteiger partial charge in [-0.2, -0.15) is 0 Å². The molecule has 1 saturated carbocycles. The Morgan fingerprint density at radius 3 is 2.24 bits per heavy atom. The maximum Gasteiger partial charge on any atom is 0.214 e. The number of aliphatic hydroxyl groups excluding tert-OH is 1. The van der Waals surface area contributed by atoms with E-state index in [1.807, 2.05) is 20.8 Å². The quantitative estimate of drug-likeness (QED) is 0.739. The average molecular weight is 243 g/mol. The first kappa shape index (κ1) is 14.6. The van der Waals surface area contributed by atoms with Crippen molar-refractivity contribution in [1.82, 2.24) is 5.32 Å². The van der Waals surface area contributed by atoms with Gasteiger partial charge in [-0.3, -0.25) is 10.1 Å². The van der Waals surface area contributed by atoms with Gasteiger partial charge in [0, 0.05) is 12.0 Å². The van der Waals surface area contributed by atoms with Gasteiger partial charge in [-0.15, -0.1) is 0 Å². The Balaban J connectivity index is 2.28. The van der Waals surface area contributed by atoms with Crippen LogP contribution in [-0.2, 0) is 9.53 Å². The summed E-state index contributed by atoms with van der Waals surface area (Å²) in [6, 6.07) is 0.253. The second kappa shape index (κ2) is 5.94. The number of carbonyl (C=O) groups excluding carboxylic acids is 1. The fourth-order valence-corrected chi connectivity index (χ4v) is 2.24. The summed E-state index contributed by atoms with van der Waals surface area (Å²) >= 11 is 0. The van der Waals surface area contributed by atoms with E-state index >= 15 is 0 Å². The molecule has 0 amide bonds. The molecule has 4 nitrogen and oxygen atoms in total. The van der Waals surface area contributed by atoms with Crippen LogP contribution in [-0.4, -0.2) is 28.9 Å². The highest BCUT2D eigenvalue weighted by Gasteiger charge is 2.26. The number of aliphatic hydroxyl groups is 1. The van der Waals surface area contributed by atoms with Crippen LogP contribution in [0.4, 0.5) is 0 Å². The van der Waals surface area contributed by atoms with Crippen LogP contribution in [0.15, 0.2) is 0 Å². The lowest BCUT2D eigenvalue weighted by atomic mass is 9.84. The second-order valence-corrected chi connectivity index (χ2v) is 5.91. The molecule has 1 unspecified atom stereocenters. The molecule has 1 aliphatic rings. The first-order valence-corrected chi connectivity index (χ1v) is 6.40. The molecule has 1 rings (SSSR count). The Labute approximate surface area is 104 Å². The van der Waals surface area contributed by atoms with E-state index in [0.717, 1.165) is 25.7 Å². The molecule has 0 aromatic carbocycles. The summed E-state index contributed by atoms with van der Waals surface area (Å²) in [6.45, 7) is 7.38. The fourth-order valence-electron chi connectivity index (χ4n) is 2.24. The summed E-state index contributed by atoms with van der Waals surface area (Å²) in [6.07, 6.45) is 2.75. The van der Waals surface area contributed by atoms with Crippen molar-refractivity contribution in [3.05, 3.63) is 0 Å². The number of hydrogen-bond donors (Lipinski definition) is 2. The third-order valence-electron chi connectivity index (χ3n) is 3.15. The molecule has 2 N–H and O–H groups in total. The largest absolute Gasteiger partial charge is 0.356 e. The predicted molar refractivity (Wildman–Crippen MR) is 66.4 cm³/mol. The molecule has 0 aromatic heterocycles. The summed E-state index contributed by atoms with van der Waals surface area (Å²) in [5, 5.41) is 12.8. The molecular weight excluding hydrogens is 218 g/mol. The molecule has 0 spiro atoms. The smallest absolute Gasteiger partial charge is 0.214 e. The van der Waals surface area contributed by atoms with E-state index in [4.69, 9.17) is 4.74 Å². The van der Waals surface area contributed by atoms with Crippen molar-refractivity contribution in [3.8, 4) is 0 Å². The maximum absolute atomic E-state index is 11.2. The Morgan fingerprint density at radius 2 is 1.82 bits per heavy atom. The average Bonchev–Trinajstić information content (AvgIpc) is 2.15. The Hall–Kier alpha value is -0.450. The van der Waals surface area contributed by atoms with Crippen LogP contribution in [0.1, 0.15) is 53.4 Å². The summed E-state index contributed by atoms with van der Waals surface area (Å²) < 4.78 is 5.39. The summed E-state index contributed by atoms with van der Waals surface area (Å²) in [5.74, 6) is 0.503. The molecular formula is C13H25NO3. The van der Waals surface area contributed by atoms with Crippen molar-refractivity contribution < 1.29 is 14.6 Å². The first-order chi connectivity index (χ1) is 7.78. The van der Waals surface area contributed by atoms with E-state index in [-0.39, 0.29) is 23.3 Å². The van der Waals surface area contributed by atoms with Crippen molar-refractivity contribution in [2.75, 3.05) is 0 Å². The molecule has 1 fully saturated rings. The van der Waals surface area contributed by atoms with Crippen LogP contribution in [0.3, 0.4) is 0 Å². The van der Waals surface area contributed by atoms with Gasteiger partial charge < -0.3 is 9.84 Å². The fraction of sp³-hybridized carbons (Fsp3) is 0.923. The SMILES string of the molecule is CC(=O)C1CCC(NC(O)OC(C)(C)C)CC1. The van der Waals surface area contributed by atoms with Crippen molar-refractivity contribution in [3.63, 3.8) is 0 Å². The van der Waals surface area contributed by atoms with Crippen LogP contribution in [0.5, 0.6) is 0 Å². The molecule has 0 heterocycles. The van der Waals surface area contributed by atoms with Crippen LogP contribution in [0, 0.1) is 5.92 Å². The minimum Gasteiger partial charge on any atom is -0.356 e. The molecule has 0 aromatic rings. The van der Waals surface area contributed by atoms with Crippen molar-refractivity contribution in [2.45, 2.75) is 71.4 Å². The lowest BCUT2D eigenvalue weighted by Crippen LogP contribution is -2.45. The Morgan fingerprint density at radius 1 is 1.29 bits per heavy atom.